The van der Waals surface area contributed by atoms with Gasteiger partial charge in [-0.05, 0) is 74.0 Å². The minimum atomic E-state index is 0.876. The molecule has 204 valence electrons. The molecule has 2 nitrogen and oxygen atoms in total. The quantitative estimate of drug-likeness (QED) is 0.195. The molecule has 2 heteroatoms. The van der Waals surface area contributed by atoms with Crippen LogP contribution in [0.2, 0.25) is 0 Å². The van der Waals surface area contributed by atoms with Gasteiger partial charge in [-0.3, -0.25) is 0 Å². The van der Waals surface area contributed by atoms with Gasteiger partial charge in [0.1, 0.15) is 5.82 Å². The van der Waals surface area contributed by atoms with Gasteiger partial charge in [0.25, 0.3) is 0 Å². The molecule has 0 aliphatic heterocycles. The maximum absolute atomic E-state index is 4.99. The lowest BCUT2D eigenvalue weighted by atomic mass is 9.85. The predicted molar refractivity (Wildman–Crippen MR) is 182 cm³/mol. The van der Waals surface area contributed by atoms with Crippen LogP contribution in [-0.4, -0.2) is 9.55 Å². The van der Waals surface area contributed by atoms with Crippen molar-refractivity contribution in [2.75, 3.05) is 0 Å². The van der Waals surface area contributed by atoms with E-state index in [4.69, 9.17) is 4.98 Å². The summed E-state index contributed by atoms with van der Waals surface area (Å²) >= 11 is 0. The average molecular weight is 551 g/mol. The summed E-state index contributed by atoms with van der Waals surface area (Å²) in [4.78, 5) is 4.99. The largest absolute Gasteiger partial charge is 0.324 e. The lowest BCUT2D eigenvalue weighted by molar-refractivity contribution is 0.796. The number of nitrogens with zero attached hydrogens (tertiary/aromatic N) is 2. The van der Waals surface area contributed by atoms with Gasteiger partial charge in [-0.1, -0.05) is 140 Å². The van der Waals surface area contributed by atoms with E-state index in [0.29, 0.717) is 0 Å². The van der Waals surface area contributed by atoms with Crippen LogP contribution in [0.25, 0.3) is 77.3 Å². The van der Waals surface area contributed by atoms with Crippen molar-refractivity contribution >= 4 is 32.6 Å². The fourth-order valence-electron chi connectivity index (χ4n) is 6.61. The number of rotatable bonds is 5. The summed E-state index contributed by atoms with van der Waals surface area (Å²) < 4.78 is 2.30. The van der Waals surface area contributed by atoms with E-state index in [-0.39, 0.29) is 0 Å². The first-order valence-corrected chi connectivity index (χ1v) is 15.0. The number of imidazole rings is 1. The highest BCUT2D eigenvalue weighted by Gasteiger charge is 2.17. The predicted octanol–water partition coefficient (Wildman–Crippen LogP) is 11.0. The van der Waals surface area contributed by atoms with Gasteiger partial charge in [0.15, 0.2) is 0 Å². The van der Waals surface area contributed by atoms with Crippen LogP contribution in [0.4, 0.5) is 0 Å². The first kappa shape index (κ1) is 25.3. The maximum Gasteiger partial charge on any atom is 0.141 e. The number of hydrogen-bond donors (Lipinski definition) is 0. The number of fused-ring (bicyclic) bond motifs is 3. The number of benzene rings is 7. The first-order chi connectivity index (χ1) is 21.3. The Kier molecular flexibility index (Phi) is 6.12. The summed E-state index contributed by atoms with van der Waals surface area (Å²) in [5.41, 5.74) is 10.8. The maximum atomic E-state index is 4.99. The molecular formula is C41H30N2. The number of aryl methyl sites for hydroxylation is 1. The Morgan fingerprint density at radius 3 is 1.37 bits per heavy atom. The van der Waals surface area contributed by atoms with E-state index in [1.54, 1.807) is 0 Å². The van der Waals surface area contributed by atoms with Gasteiger partial charge < -0.3 is 4.57 Å². The Morgan fingerprint density at radius 2 is 0.837 bits per heavy atom. The molecule has 7 aromatic carbocycles. The van der Waals surface area contributed by atoms with E-state index >= 15 is 0 Å². The third-order valence-corrected chi connectivity index (χ3v) is 8.61. The van der Waals surface area contributed by atoms with Gasteiger partial charge >= 0.3 is 0 Å². The summed E-state index contributed by atoms with van der Waals surface area (Å²) in [6.45, 7) is 3.06. The highest BCUT2D eigenvalue weighted by molar-refractivity contribution is 6.21. The molecule has 1 aromatic heterocycles. The van der Waals surface area contributed by atoms with Gasteiger partial charge in [-0.15, -0.1) is 0 Å². The molecule has 0 aliphatic rings. The van der Waals surface area contributed by atoms with E-state index < -0.39 is 0 Å². The van der Waals surface area contributed by atoms with E-state index in [9.17, 15) is 0 Å². The smallest absolute Gasteiger partial charge is 0.141 e. The van der Waals surface area contributed by atoms with Crippen LogP contribution in [0.3, 0.4) is 0 Å². The summed E-state index contributed by atoms with van der Waals surface area (Å²) in [6, 6.07) is 54.6. The summed E-state index contributed by atoms with van der Waals surface area (Å²) in [5, 5.41) is 5.05. The average Bonchev–Trinajstić information content (AvgIpc) is 3.46. The van der Waals surface area contributed by atoms with Crippen LogP contribution in [-0.2, 0) is 6.54 Å². The van der Waals surface area contributed by atoms with Gasteiger partial charge in [-0.2, -0.15) is 0 Å². The van der Waals surface area contributed by atoms with Crippen molar-refractivity contribution < 1.29 is 0 Å². The van der Waals surface area contributed by atoms with E-state index in [2.05, 4.69) is 163 Å². The van der Waals surface area contributed by atoms with E-state index in [1.807, 2.05) is 0 Å². The normalized spacial score (nSPS) is 11.5. The van der Waals surface area contributed by atoms with Crippen molar-refractivity contribution in [3.8, 4) is 44.8 Å². The van der Waals surface area contributed by atoms with Crippen molar-refractivity contribution in [3.05, 3.63) is 152 Å². The molecule has 0 N–H and O–H groups in total. The molecule has 0 atom stereocenters. The second-order valence-electron chi connectivity index (χ2n) is 11.0. The Hall–Kier alpha value is -5.47. The molecule has 0 bridgehead atoms. The van der Waals surface area contributed by atoms with Crippen LogP contribution in [0.1, 0.15) is 6.92 Å². The molecule has 0 radical (unpaired) electrons. The molecule has 1 heterocycles. The molecule has 0 saturated carbocycles. The van der Waals surface area contributed by atoms with Gasteiger partial charge in [0.05, 0.1) is 11.0 Å². The number of para-hydroxylation sites is 2. The van der Waals surface area contributed by atoms with Crippen molar-refractivity contribution in [3.63, 3.8) is 0 Å². The minimum absolute atomic E-state index is 0.876. The Morgan fingerprint density at radius 1 is 0.419 bits per heavy atom. The lowest BCUT2D eigenvalue weighted by Gasteiger charge is -2.18. The molecule has 43 heavy (non-hydrogen) atoms. The van der Waals surface area contributed by atoms with Crippen molar-refractivity contribution in [2.45, 2.75) is 13.5 Å². The second-order valence-corrected chi connectivity index (χ2v) is 11.0. The van der Waals surface area contributed by atoms with Gasteiger partial charge in [0, 0.05) is 12.1 Å². The van der Waals surface area contributed by atoms with Crippen molar-refractivity contribution in [1.82, 2.24) is 9.55 Å². The number of aromatic nitrogens is 2. The van der Waals surface area contributed by atoms with Crippen LogP contribution < -0.4 is 0 Å². The highest BCUT2D eigenvalue weighted by atomic mass is 15.1. The van der Waals surface area contributed by atoms with E-state index in [0.717, 1.165) is 23.4 Å². The zero-order valence-corrected chi connectivity index (χ0v) is 24.0. The minimum Gasteiger partial charge on any atom is -0.324 e. The molecule has 8 aromatic rings. The van der Waals surface area contributed by atoms with Crippen LogP contribution >= 0.6 is 0 Å². The zero-order valence-electron chi connectivity index (χ0n) is 24.0. The Labute approximate surface area is 251 Å². The van der Waals surface area contributed by atoms with Crippen LogP contribution in [0.15, 0.2) is 152 Å². The third-order valence-electron chi connectivity index (χ3n) is 8.61. The number of hydrogen-bond acceptors (Lipinski definition) is 1. The molecule has 8 rings (SSSR count). The lowest BCUT2D eigenvalue weighted by Crippen LogP contribution is -1.97. The SMILES string of the molecule is CCn1c(-c2ccc(-c3c4ccccc4c(-c4ccc(-c5ccccc5)cc4)c4ccccc34)cc2)nc2ccccc21. The highest BCUT2D eigenvalue weighted by Crippen LogP contribution is 2.44. The first-order valence-electron chi connectivity index (χ1n) is 15.0. The monoisotopic (exact) mass is 550 g/mol. The summed E-state index contributed by atoms with van der Waals surface area (Å²) in [7, 11) is 0. The van der Waals surface area contributed by atoms with Crippen molar-refractivity contribution in [2.24, 2.45) is 0 Å². The van der Waals surface area contributed by atoms with Crippen molar-refractivity contribution in [1.29, 1.82) is 0 Å². The fraction of sp³-hybridized carbons (Fsp3) is 0.0488. The topological polar surface area (TPSA) is 17.8 Å². The molecule has 0 unspecified atom stereocenters. The fourth-order valence-corrected chi connectivity index (χ4v) is 6.61. The van der Waals surface area contributed by atoms with Crippen LogP contribution in [0.5, 0.6) is 0 Å². The molecular weight excluding hydrogens is 520 g/mol. The standard InChI is InChI=1S/C41H30N2/c1-2-43-38-19-11-10-18-37(38)42-41(43)32-26-24-31(25-27-32)40-35-16-8-6-14-33(35)39(34-15-7-9-17-36(34)40)30-22-20-29(21-23-30)28-12-4-3-5-13-28/h3-27H,2H2,1H3. The van der Waals surface area contributed by atoms with Gasteiger partial charge in [-0.25, -0.2) is 4.98 Å². The molecule has 0 fully saturated rings. The van der Waals surface area contributed by atoms with Crippen LogP contribution in [0, 0.1) is 0 Å². The second kappa shape index (κ2) is 10.4. The third kappa shape index (κ3) is 4.23. The van der Waals surface area contributed by atoms with E-state index in [1.165, 1.54) is 60.4 Å². The zero-order chi connectivity index (χ0) is 28.8. The molecule has 0 amide bonds. The Bertz CT molecular complexity index is 2180. The summed E-state index contributed by atoms with van der Waals surface area (Å²) in [5.74, 6) is 1.01. The van der Waals surface area contributed by atoms with Gasteiger partial charge in [0.2, 0.25) is 0 Å². The Balaban J connectivity index is 1.29. The molecule has 0 aliphatic carbocycles. The summed E-state index contributed by atoms with van der Waals surface area (Å²) in [6.07, 6.45) is 0. The molecule has 0 saturated heterocycles. The molecule has 0 spiro atoms.